The molecule has 0 saturated carbocycles. The van der Waals surface area contributed by atoms with E-state index >= 15 is 0 Å². The van der Waals surface area contributed by atoms with E-state index in [-0.39, 0.29) is 7.43 Å². The van der Waals surface area contributed by atoms with Gasteiger partial charge in [0.25, 0.3) is 0 Å². The summed E-state index contributed by atoms with van der Waals surface area (Å²) < 4.78 is 39.3. The molecule has 46 heavy (non-hydrogen) atoms. The molecule has 1 N–H and O–H groups in total. The first kappa shape index (κ1) is 34.6. The summed E-state index contributed by atoms with van der Waals surface area (Å²) in [5.74, 6) is 4.03. The minimum atomic E-state index is -0.858. The molecule has 0 aromatic heterocycles. The smallest absolute Gasteiger partial charge is 0.495 e. The summed E-state index contributed by atoms with van der Waals surface area (Å²) in [5.41, 5.74) is 1.95. The predicted molar refractivity (Wildman–Crippen MR) is 179 cm³/mol. The Bertz CT molecular complexity index is 1640. The summed E-state index contributed by atoms with van der Waals surface area (Å²) in [7, 11) is 1.73. The van der Waals surface area contributed by atoms with Crippen LogP contribution >= 0.6 is 0 Å². The Morgan fingerprint density at radius 3 is 1.70 bits per heavy atom. The summed E-state index contributed by atoms with van der Waals surface area (Å²) >= 11 is 0. The van der Waals surface area contributed by atoms with Crippen molar-refractivity contribution >= 4 is 31.4 Å². The highest BCUT2D eigenvalue weighted by atomic mass is 16.7. The number of hydrogen-bond donors (Lipinski definition) is 1. The van der Waals surface area contributed by atoms with E-state index in [1.54, 1.807) is 50.6 Å². The Hall–Kier alpha value is -4.28. The molecule has 1 fully saturated rings. The average molecular weight is 626 g/mol. The number of aldehydes is 1. The van der Waals surface area contributed by atoms with E-state index in [9.17, 15) is 9.82 Å². The SMILES string of the molecule is C.COc1cccc(Oc2ccc(C=O)c(B3OC(C)(C)C(C)(C)O3)c2)c1.COc1cccc(Oc2ccc3c(c2)B(O)OC3)c1. The molecule has 9 nitrogen and oxygen atoms in total. The Labute approximate surface area is 271 Å². The molecule has 2 heterocycles. The van der Waals surface area contributed by atoms with Crippen molar-refractivity contribution in [1.29, 1.82) is 0 Å². The summed E-state index contributed by atoms with van der Waals surface area (Å²) in [6.45, 7) is 8.35. The van der Waals surface area contributed by atoms with Crippen molar-refractivity contribution in [2.75, 3.05) is 14.2 Å². The molecule has 240 valence electrons. The monoisotopic (exact) mass is 626 g/mol. The lowest BCUT2D eigenvalue weighted by Crippen LogP contribution is -2.41. The maximum absolute atomic E-state index is 11.5. The van der Waals surface area contributed by atoms with Crippen LogP contribution in [-0.2, 0) is 20.6 Å². The number of benzene rings is 4. The van der Waals surface area contributed by atoms with Gasteiger partial charge in [0.15, 0.2) is 0 Å². The maximum atomic E-state index is 11.5. The van der Waals surface area contributed by atoms with E-state index < -0.39 is 25.4 Å². The lowest BCUT2D eigenvalue weighted by Gasteiger charge is -2.32. The summed E-state index contributed by atoms with van der Waals surface area (Å²) in [6.07, 6.45) is 0.801. The molecule has 2 aliphatic heterocycles. The van der Waals surface area contributed by atoms with Crippen LogP contribution in [0, 0.1) is 0 Å². The van der Waals surface area contributed by atoms with Crippen molar-refractivity contribution in [2.24, 2.45) is 0 Å². The second-order valence-corrected chi connectivity index (χ2v) is 11.6. The number of methoxy groups -OCH3 is 2. The van der Waals surface area contributed by atoms with Crippen molar-refractivity contribution in [2.45, 2.75) is 52.9 Å². The number of carbonyl (C=O) groups excluding carboxylic acids is 1. The van der Waals surface area contributed by atoms with Crippen molar-refractivity contribution < 1.29 is 42.7 Å². The molecule has 2 aliphatic rings. The molecule has 0 bridgehead atoms. The molecule has 0 aliphatic carbocycles. The fourth-order valence-corrected chi connectivity index (χ4v) is 4.76. The van der Waals surface area contributed by atoms with Gasteiger partial charge in [-0.1, -0.05) is 25.6 Å². The molecule has 4 aromatic rings. The first-order valence-corrected chi connectivity index (χ1v) is 14.5. The standard InChI is InChI=1S/C20H23BO5.C14H13BO4.CH4/c1-19(2)20(3,4)26-21(25-19)18-12-17(10-9-14(18)13-22)24-16-8-6-7-15(11-16)23-5;1-17-11-3-2-4-12(7-11)19-13-6-5-10-9-18-15(16)14(10)8-13;/h6-13H,1-5H3;2-8,16H,9H2,1H3;1H4. The molecule has 1 saturated heterocycles. The number of carbonyl (C=O) groups is 1. The Balaban J connectivity index is 0.000000213. The highest BCUT2D eigenvalue weighted by molar-refractivity contribution is 6.63. The highest BCUT2D eigenvalue weighted by Gasteiger charge is 2.52. The summed E-state index contributed by atoms with van der Waals surface area (Å²) in [5, 5.41) is 9.66. The number of ether oxygens (including phenoxy) is 4. The Morgan fingerprint density at radius 1 is 0.696 bits per heavy atom. The zero-order valence-electron chi connectivity index (χ0n) is 26.2. The van der Waals surface area contributed by atoms with Gasteiger partial charge in [-0.15, -0.1) is 0 Å². The van der Waals surface area contributed by atoms with E-state index in [0.29, 0.717) is 46.4 Å². The first-order chi connectivity index (χ1) is 21.5. The van der Waals surface area contributed by atoms with Crippen LogP contribution in [0.5, 0.6) is 34.5 Å². The number of rotatable bonds is 8. The zero-order chi connectivity index (χ0) is 32.2. The van der Waals surface area contributed by atoms with Gasteiger partial charge >= 0.3 is 14.2 Å². The average Bonchev–Trinajstić information content (AvgIpc) is 3.51. The molecule has 6 rings (SSSR count). The van der Waals surface area contributed by atoms with Gasteiger partial charge in [0.05, 0.1) is 32.0 Å². The minimum absolute atomic E-state index is 0. The fourth-order valence-electron chi connectivity index (χ4n) is 4.76. The van der Waals surface area contributed by atoms with Crippen LogP contribution in [-0.4, -0.2) is 51.0 Å². The molecule has 0 unspecified atom stereocenters. The lowest BCUT2D eigenvalue weighted by atomic mass is 9.76. The van der Waals surface area contributed by atoms with Crippen LogP contribution < -0.4 is 29.9 Å². The van der Waals surface area contributed by atoms with Crippen LogP contribution in [0.15, 0.2) is 84.9 Å². The first-order valence-electron chi connectivity index (χ1n) is 14.5. The van der Waals surface area contributed by atoms with Crippen molar-refractivity contribution in [3.05, 3.63) is 96.1 Å². The lowest BCUT2D eigenvalue weighted by molar-refractivity contribution is 0.00578. The third kappa shape index (κ3) is 7.74. The van der Waals surface area contributed by atoms with Crippen LogP contribution in [0.1, 0.15) is 51.0 Å². The Morgan fingerprint density at radius 2 is 1.17 bits per heavy atom. The maximum Gasteiger partial charge on any atom is 0.495 e. The van der Waals surface area contributed by atoms with Gasteiger partial charge in [0.2, 0.25) is 0 Å². The van der Waals surface area contributed by atoms with E-state index in [1.807, 2.05) is 76.2 Å². The molecule has 4 aromatic carbocycles. The van der Waals surface area contributed by atoms with E-state index in [2.05, 4.69) is 0 Å². The molecule has 0 amide bonds. The van der Waals surface area contributed by atoms with Crippen molar-refractivity contribution in [3.63, 3.8) is 0 Å². The van der Waals surface area contributed by atoms with Crippen molar-refractivity contribution in [1.82, 2.24) is 0 Å². The third-order valence-electron chi connectivity index (χ3n) is 8.03. The van der Waals surface area contributed by atoms with Crippen LogP contribution in [0.25, 0.3) is 0 Å². The van der Waals surface area contributed by atoms with Crippen LogP contribution in [0.4, 0.5) is 0 Å². The van der Waals surface area contributed by atoms with Crippen LogP contribution in [0.3, 0.4) is 0 Å². The quantitative estimate of drug-likeness (QED) is 0.188. The second-order valence-electron chi connectivity index (χ2n) is 11.6. The topological polar surface area (TPSA) is 102 Å². The normalized spacial score (nSPS) is 15.5. The molecule has 0 atom stereocenters. The molecule has 11 heteroatoms. The second kappa shape index (κ2) is 14.4. The van der Waals surface area contributed by atoms with Crippen molar-refractivity contribution in [3.8, 4) is 34.5 Å². The summed E-state index contributed by atoms with van der Waals surface area (Å²) in [4.78, 5) is 11.5. The van der Waals surface area contributed by atoms with E-state index in [0.717, 1.165) is 23.1 Å². The van der Waals surface area contributed by atoms with Crippen LogP contribution in [0.2, 0.25) is 0 Å². The molecular weight excluding hydrogens is 586 g/mol. The van der Waals surface area contributed by atoms with Gasteiger partial charge in [0.1, 0.15) is 40.8 Å². The number of fused-ring (bicyclic) bond motifs is 1. The van der Waals surface area contributed by atoms with Gasteiger partial charge in [0, 0.05) is 17.7 Å². The van der Waals surface area contributed by atoms with Gasteiger partial charge in [-0.05, 0) is 98.8 Å². The van der Waals surface area contributed by atoms with Gasteiger partial charge in [-0.3, -0.25) is 4.79 Å². The fraction of sp³-hybridized carbons (Fsp3) is 0.286. The van der Waals surface area contributed by atoms with E-state index in [4.69, 9.17) is 32.9 Å². The summed E-state index contributed by atoms with van der Waals surface area (Å²) in [6, 6.07) is 25.5. The van der Waals surface area contributed by atoms with Gasteiger partial charge < -0.3 is 37.9 Å². The molecular formula is C35H40B2O9. The third-order valence-corrected chi connectivity index (χ3v) is 8.03. The number of hydrogen-bond acceptors (Lipinski definition) is 9. The van der Waals surface area contributed by atoms with E-state index in [1.165, 1.54) is 0 Å². The largest absolute Gasteiger partial charge is 0.497 e. The zero-order valence-corrected chi connectivity index (χ0v) is 26.2. The van der Waals surface area contributed by atoms with Gasteiger partial charge in [-0.2, -0.15) is 0 Å². The highest BCUT2D eigenvalue weighted by Crippen LogP contribution is 2.37. The minimum Gasteiger partial charge on any atom is -0.497 e. The molecule has 0 spiro atoms. The predicted octanol–water partition coefficient (Wildman–Crippen LogP) is 5.94. The molecule has 0 radical (unpaired) electrons. The van der Waals surface area contributed by atoms with Gasteiger partial charge in [-0.25, -0.2) is 0 Å². The Kier molecular flexibility index (Phi) is 10.9.